The van der Waals surface area contributed by atoms with E-state index in [0.717, 1.165) is 0 Å². The lowest BCUT2D eigenvalue weighted by Gasteiger charge is -2.30. The van der Waals surface area contributed by atoms with Crippen LogP contribution in [0.3, 0.4) is 0 Å². The third kappa shape index (κ3) is 2.16. The quantitative estimate of drug-likeness (QED) is 0.723. The van der Waals surface area contributed by atoms with Crippen molar-refractivity contribution in [2.45, 2.75) is 40.7 Å². The third-order valence-corrected chi connectivity index (χ3v) is 2.79. The van der Waals surface area contributed by atoms with Crippen LogP contribution in [0.25, 0.3) is 0 Å². The van der Waals surface area contributed by atoms with E-state index in [-0.39, 0.29) is 11.5 Å². The van der Waals surface area contributed by atoms with E-state index >= 15 is 0 Å². The first-order chi connectivity index (χ1) is 6.34. The molecule has 1 aromatic rings. The molecule has 1 nitrogen and oxygen atoms in total. The summed E-state index contributed by atoms with van der Waals surface area (Å²) in [7, 11) is 0. The van der Waals surface area contributed by atoms with E-state index in [4.69, 9.17) is 5.73 Å². The zero-order valence-corrected chi connectivity index (χ0v) is 9.89. The minimum atomic E-state index is 0.115. The van der Waals surface area contributed by atoms with Gasteiger partial charge in [-0.3, -0.25) is 0 Å². The molecule has 0 saturated carbocycles. The van der Waals surface area contributed by atoms with Gasteiger partial charge in [0.25, 0.3) is 0 Å². The molecule has 0 saturated heterocycles. The standard InChI is InChI=1S/C13H21N/c1-9-7-6-8-10(2)11(9)12(14)13(3,4)5/h6-8,12H,14H2,1-5H3. The first-order valence-electron chi connectivity index (χ1n) is 5.15. The van der Waals surface area contributed by atoms with Crippen molar-refractivity contribution in [3.05, 3.63) is 34.9 Å². The van der Waals surface area contributed by atoms with Gasteiger partial charge in [-0.1, -0.05) is 39.0 Å². The molecular formula is C13H21N. The van der Waals surface area contributed by atoms with Crippen molar-refractivity contribution in [1.29, 1.82) is 0 Å². The second-order valence-corrected chi connectivity index (χ2v) is 5.15. The highest BCUT2D eigenvalue weighted by molar-refractivity contribution is 5.36. The average molecular weight is 191 g/mol. The molecule has 0 aliphatic rings. The third-order valence-electron chi connectivity index (χ3n) is 2.79. The van der Waals surface area contributed by atoms with Crippen LogP contribution in [0.2, 0.25) is 0 Å². The minimum Gasteiger partial charge on any atom is -0.323 e. The van der Waals surface area contributed by atoms with E-state index < -0.39 is 0 Å². The van der Waals surface area contributed by atoms with Crippen LogP contribution in [0.15, 0.2) is 18.2 Å². The van der Waals surface area contributed by atoms with Gasteiger partial charge in [-0.15, -0.1) is 0 Å². The van der Waals surface area contributed by atoms with E-state index in [0.29, 0.717) is 0 Å². The maximum absolute atomic E-state index is 6.27. The minimum absolute atomic E-state index is 0.115. The lowest BCUT2D eigenvalue weighted by Crippen LogP contribution is -2.27. The summed E-state index contributed by atoms with van der Waals surface area (Å²) < 4.78 is 0. The number of benzene rings is 1. The highest BCUT2D eigenvalue weighted by Crippen LogP contribution is 2.33. The number of rotatable bonds is 1. The van der Waals surface area contributed by atoms with Gasteiger partial charge in [-0.05, 0) is 36.0 Å². The lowest BCUT2D eigenvalue weighted by molar-refractivity contribution is 0.325. The number of hydrogen-bond acceptors (Lipinski definition) is 1. The Morgan fingerprint density at radius 1 is 1.07 bits per heavy atom. The van der Waals surface area contributed by atoms with Crippen LogP contribution in [0.1, 0.15) is 43.5 Å². The van der Waals surface area contributed by atoms with Crippen molar-refractivity contribution in [2.75, 3.05) is 0 Å². The molecule has 0 aliphatic heterocycles. The van der Waals surface area contributed by atoms with Crippen molar-refractivity contribution in [3.8, 4) is 0 Å². The predicted octanol–water partition coefficient (Wildman–Crippen LogP) is 3.35. The van der Waals surface area contributed by atoms with Crippen molar-refractivity contribution in [1.82, 2.24) is 0 Å². The van der Waals surface area contributed by atoms with Gasteiger partial charge in [-0.2, -0.15) is 0 Å². The maximum atomic E-state index is 6.27. The normalized spacial score (nSPS) is 14.1. The van der Waals surface area contributed by atoms with Crippen molar-refractivity contribution < 1.29 is 0 Å². The van der Waals surface area contributed by atoms with Crippen LogP contribution in [0.5, 0.6) is 0 Å². The van der Waals surface area contributed by atoms with Crippen LogP contribution >= 0.6 is 0 Å². The van der Waals surface area contributed by atoms with E-state index in [1.165, 1.54) is 16.7 Å². The van der Waals surface area contributed by atoms with Gasteiger partial charge in [0.15, 0.2) is 0 Å². The van der Waals surface area contributed by atoms with Gasteiger partial charge in [0.05, 0.1) is 0 Å². The number of hydrogen-bond donors (Lipinski definition) is 1. The van der Waals surface area contributed by atoms with Crippen LogP contribution < -0.4 is 5.73 Å². The SMILES string of the molecule is Cc1cccc(C)c1C(N)C(C)(C)C. The van der Waals surface area contributed by atoms with Gasteiger partial charge in [0, 0.05) is 6.04 Å². The molecule has 14 heavy (non-hydrogen) atoms. The van der Waals surface area contributed by atoms with Crippen molar-refractivity contribution in [2.24, 2.45) is 11.1 Å². The van der Waals surface area contributed by atoms with E-state index in [1.54, 1.807) is 0 Å². The average Bonchev–Trinajstić information content (AvgIpc) is 2.01. The summed E-state index contributed by atoms with van der Waals surface area (Å²) >= 11 is 0. The molecule has 0 fully saturated rings. The molecule has 1 unspecified atom stereocenters. The Balaban J connectivity index is 3.19. The lowest BCUT2D eigenvalue weighted by atomic mass is 9.80. The molecule has 0 spiro atoms. The largest absolute Gasteiger partial charge is 0.323 e. The molecule has 0 aromatic heterocycles. The molecule has 1 heteroatoms. The van der Waals surface area contributed by atoms with Gasteiger partial charge >= 0.3 is 0 Å². The molecule has 0 aliphatic carbocycles. The summed E-state index contributed by atoms with van der Waals surface area (Å²) in [6.07, 6.45) is 0. The monoisotopic (exact) mass is 191 g/mol. The molecule has 0 radical (unpaired) electrons. The molecule has 0 heterocycles. The zero-order chi connectivity index (χ0) is 10.9. The zero-order valence-electron chi connectivity index (χ0n) is 9.89. The Labute approximate surface area is 87.3 Å². The Morgan fingerprint density at radius 2 is 1.50 bits per heavy atom. The van der Waals surface area contributed by atoms with Gasteiger partial charge in [0.1, 0.15) is 0 Å². The van der Waals surface area contributed by atoms with Gasteiger partial charge in [-0.25, -0.2) is 0 Å². The molecule has 1 aromatic carbocycles. The Bertz CT molecular complexity index is 300. The predicted molar refractivity (Wildman–Crippen MR) is 62.3 cm³/mol. The second-order valence-electron chi connectivity index (χ2n) is 5.15. The van der Waals surface area contributed by atoms with Crippen LogP contribution in [-0.2, 0) is 0 Å². The van der Waals surface area contributed by atoms with Crippen LogP contribution in [-0.4, -0.2) is 0 Å². The summed E-state index contributed by atoms with van der Waals surface area (Å²) in [4.78, 5) is 0. The maximum Gasteiger partial charge on any atom is 0.0349 e. The fraction of sp³-hybridized carbons (Fsp3) is 0.538. The summed E-state index contributed by atoms with van der Waals surface area (Å²) in [5.41, 5.74) is 10.3. The molecule has 1 atom stereocenters. The number of nitrogens with two attached hydrogens (primary N) is 1. The summed E-state index contributed by atoms with van der Waals surface area (Å²) in [5, 5.41) is 0. The second kappa shape index (κ2) is 3.74. The highest BCUT2D eigenvalue weighted by Gasteiger charge is 2.24. The molecule has 1 rings (SSSR count). The first-order valence-corrected chi connectivity index (χ1v) is 5.15. The van der Waals surface area contributed by atoms with E-state index in [1.807, 2.05) is 0 Å². The molecule has 2 N–H and O–H groups in total. The Hall–Kier alpha value is -0.820. The fourth-order valence-corrected chi connectivity index (χ4v) is 1.75. The Kier molecular flexibility index (Phi) is 3.01. The molecule has 0 bridgehead atoms. The van der Waals surface area contributed by atoms with Crippen LogP contribution in [0, 0.1) is 19.3 Å². The first kappa shape index (κ1) is 11.3. The van der Waals surface area contributed by atoms with Gasteiger partial charge in [0.2, 0.25) is 0 Å². The highest BCUT2D eigenvalue weighted by atomic mass is 14.7. The summed E-state index contributed by atoms with van der Waals surface area (Å²) in [6, 6.07) is 6.47. The van der Waals surface area contributed by atoms with Crippen molar-refractivity contribution >= 4 is 0 Å². The van der Waals surface area contributed by atoms with E-state index in [9.17, 15) is 0 Å². The molecular weight excluding hydrogens is 170 g/mol. The van der Waals surface area contributed by atoms with Crippen LogP contribution in [0.4, 0.5) is 0 Å². The fourth-order valence-electron chi connectivity index (χ4n) is 1.75. The Morgan fingerprint density at radius 3 is 1.86 bits per heavy atom. The molecule has 0 amide bonds. The molecule has 78 valence electrons. The van der Waals surface area contributed by atoms with Gasteiger partial charge < -0.3 is 5.73 Å². The van der Waals surface area contributed by atoms with Crippen molar-refractivity contribution in [3.63, 3.8) is 0 Å². The topological polar surface area (TPSA) is 26.0 Å². The number of aryl methyl sites for hydroxylation is 2. The summed E-state index contributed by atoms with van der Waals surface area (Å²) in [5.74, 6) is 0. The smallest absolute Gasteiger partial charge is 0.0349 e. The summed E-state index contributed by atoms with van der Waals surface area (Å²) in [6.45, 7) is 10.8. The van der Waals surface area contributed by atoms with E-state index in [2.05, 4.69) is 52.8 Å².